The molecule has 4 aromatic rings. The van der Waals surface area contributed by atoms with Gasteiger partial charge in [0, 0.05) is 36.3 Å². The first kappa shape index (κ1) is 20.1. The summed E-state index contributed by atoms with van der Waals surface area (Å²) in [5, 5.41) is 3.93. The second-order valence-corrected chi connectivity index (χ2v) is 7.50. The zero-order valence-corrected chi connectivity index (χ0v) is 17.4. The van der Waals surface area contributed by atoms with Gasteiger partial charge in [-0.15, -0.1) is 0 Å². The van der Waals surface area contributed by atoms with Crippen LogP contribution in [0.5, 0.6) is 0 Å². The monoisotopic (exact) mass is 433 g/mol. The predicted octanol–water partition coefficient (Wildman–Crippen LogP) is 6.05. The molecule has 2 heterocycles. The highest BCUT2D eigenvalue weighted by Gasteiger charge is 2.08. The van der Waals surface area contributed by atoms with E-state index in [0.29, 0.717) is 22.2 Å². The Labute approximate surface area is 184 Å². The first-order chi connectivity index (χ1) is 14.6. The number of carbonyl (C=O) groups excluding carboxylic acids is 1. The molecule has 6 heteroatoms. The van der Waals surface area contributed by atoms with E-state index in [0.717, 1.165) is 27.9 Å². The number of nitrogens with one attached hydrogen (secondary N) is 1. The fourth-order valence-electron chi connectivity index (χ4n) is 2.99. The average Bonchev–Trinajstić information content (AvgIpc) is 2.80. The van der Waals surface area contributed by atoms with Crippen LogP contribution in [0.4, 0.5) is 0 Å². The van der Waals surface area contributed by atoms with Gasteiger partial charge in [0.25, 0.3) is 5.91 Å². The van der Waals surface area contributed by atoms with Gasteiger partial charge in [0.15, 0.2) is 0 Å². The number of amides is 1. The van der Waals surface area contributed by atoms with Crippen LogP contribution in [0.2, 0.25) is 10.0 Å². The van der Waals surface area contributed by atoms with Crippen molar-refractivity contribution in [1.29, 1.82) is 0 Å². The molecule has 0 radical (unpaired) electrons. The maximum Gasteiger partial charge on any atom is 0.251 e. The largest absolute Gasteiger partial charge is 0.348 e. The van der Waals surface area contributed by atoms with Crippen molar-refractivity contribution in [2.75, 3.05) is 0 Å². The Morgan fingerprint density at radius 3 is 2.30 bits per heavy atom. The van der Waals surface area contributed by atoms with Crippen molar-refractivity contribution in [1.82, 2.24) is 15.3 Å². The second-order valence-electron chi connectivity index (χ2n) is 6.68. The lowest BCUT2D eigenvalue weighted by Gasteiger charge is -2.08. The number of pyridine rings is 2. The third kappa shape index (κ3) is 4.67. The summed E-state index contributed by atoms with van der Waals surface area (Å²) in [7, 11) is 0. The molecule has 0 saturated carbocycles. The molecule has 0 bridgehead atoms. The van der Waals surface area contributed by atoms with Gasteiger partial charge in [-0.05, 0) is 59.2 Å². The molecular formula is C24H17Cl2N3O. The molecule has 0 unspecified atom stereocenters. The van der Waals surface area contributed by atoms with E-state index in [1.807, 2.05) is 42.5 Å². The van der Waals surface area contributed by atoms with E-state index in [1.165, 1.54) is 0 Å². The minimum Gasteiger partial charge on any atom is -0.348 e. The third-order valence-corrected chi connectivity index (χ3v) is 5.37. The molecule has 0 aliphatic rings. The fraction of sp³-hybridized carbons (Fsp3) is 0.0417. The molecular weight excluding hydrogens is 417 g/mol. The SMILES string of the molecule is O=C(NCc1ccc(-c2cccnc2)nc1)c1ccc(-c2ccc(Cl)c(Cl)c2)cc1. The normalized spacial score (nSPS) is 10.6. The van der Waals surface area contributed by atoms with Crippen LogP contribution in [0, 0.1) is 0 Å². The summed E-state index contributed by atoms with van der Waals surface area (Å²) >= 11 is 12.1. The molecule has 0 saturated heterocycles. The molecule has 1 N–H and O–H groups in total. The first-order valence-electron chi connectivity index (χ1n) is 9.29. The van der Waals surface area contributed by atoms with Crippen LogP contribution in [0.15, 0.2) is 85.3 Å². The zero-order valence-electron chi connectivity index (χ0n) is 15.8. The number of aromatic nitrogens is 2. The van der Waals surface area contributed by atoms with Gasteiger partial charge in [-0.1, -0.05) is 47.5 Å². The number of rotatable bonds is 5. The quantitative estimate of drug-likeness (QED) is 0.416. The molecule has 30 heavy (non-hydrogen) atoms. The molecule has 0 fully saturated rings. The van der Waals surface area contributed by atoms with Gasteiger partial charge in [-0.2, -0.15) is 0 Å². The van der Waals surface area contributed by atoms with Gasteiger partial charge in [0.2, 0.25) is 0 Å². The van der Waals surface area contributed by atoms with E-state index in [2.05, 4.69) is 15.3 Å². The Hall–Kier alpha value is -3.21. The molecule has 0 atom stereocenters. The summed E-state index contributed by atoms with van der Waals surface area (Å²) in [6, 6.07) is 20.5. The molecule has 4 rings (SSSR count). The number of benzene rings is 2. The van der Waals surface area contributed by atoms with Crippen LogP contribution in [0.25, 0.3) is 22.4 Å². The van der Waals surface area contributed by atoms with Gasteiger partial charge in [0.1, 0.15) is 0 Å². The van der Waals surface area contributed by atoms with Crippen molar-refractivity contribution in [3.8, 4) is 22.4 Å². The van der Waals surface area contributed by atoms with Gasteiger partial charge >= 0.3 is 0 Å². The second kappa shape index (κ2) is 9.08. The molecule has 0 spiro atoms. The van der Waals surface area contributed by atoms with E-state index in [4.69, 9.17) is 23.2 Å². The lowest BCUT2D eigenvalue weighted by molar-refractivity contribution is 0.0951. The molecule has 2 aromatic carbocycles. The highest BCUT2D eigenvalue weighted by atomic mass is 35.5. The Morgan fingerprint density at radius 1 is 0.833 bits per heavy atom. The Morgan fingerprint density at radius 2 is 1.63 bits per heavy atom. The van der Waals surface area contributed by atoms with E-state index in [1.54, 1.807) is 42.9 Å². The topological polar surface area (TPSA) is 54.9 Å². The van der Waals surface area contributed by atoms with Gasteiger partial charge in [-0.3, -0.25) is 14.8 Å². The summed E-state index contributed by atoms with van der Waals surface area (Å²) in [5.41, 5.74) is 5.20. The van der Waals surface area contributed by atoms with Crippen LogP contribution in [0.3, 0.4) is 0 Å². The van der Waals surface area contributed by atoms with Crippen molar-refractivity contribution in [2.24, 2.45) is 0 Å². The third-order valence-electron chi connectivity index (χ3n) is 4.64. The molecule has 1 amide bonds. The maximum absolute atomic E-state index is 12.5. The number of halogens is 2. The average molecular weight is 434 g/mol. The summed E-state index contributed by atoms with van der Waals surface area (Å²) in [5.74, 6) is -0.146. The van der Waals surface area contributed by atoms with Crippen LogP contribution < -0.4 is 5.32 Å². The molecule has 2 aromatic heterocycles. The van der Waals surface area contributed by atoms with Crippen molar-refractivity contribution in [3.63, 3.8) is 0 Å². The minimum absolute atomic E-state index is 0.146. The van der Waals surface area contributed by atoms with Gasteiger partial charge in [0.05, 0.1) is 15.7 Å². The Bertz CT molecular complexity index is 1160. The Kier molecular flexibility index (Phi) is 6.07. The van der Waals surface area contributed by atoms with Gasteiger partial charge < -0.3 is 5.32 Å². The predicted molar refractivity (Wildman–Crippen MR) is 121 cm³/mol. The zero-order chi connectivity index (χ0) is 20.9. The van der Waals surface area contributed by atoms with Crippen molar-refractivity contribution >= 4 is 29.1 Å². The smallest absolute Gasteiger partial charge is 0.251 e. The summed E-state index contributed by atoms with van der Waals surface area (Å²) < 4.78 is 0. The summed E-state index contributed by atoms with van der Waals surface area (Å²) in [4.78, 5) is 21.0. The van der Waals surface area contributed by atoms with Crippen LogP contribution in [-0.4, -0.2) is 15.9 Å². The highest BCUT2D eigenvalue weighted by molar-refractivity contribution is 6.42. The lowest BCUT2D eigenvalue weighted by atomic mass is 10.0. The standard InChI is InChI=1S/C24H17Cl2N3O/c25-21-9-8-19(12-22(21)26)17-4-6-18(7-5-17)24(30)29-14-16-3-10-23(28-13-16)20-2-1-11-27-15-20/h1-13,15H,14H2,(H,29,30). The summed E-state index contributed by atoms with van der Waals surface area (Å²) in [6.45, 7) is 0.397. The van der Waals surface area contributed by atoms with Crippen LogP contribution >= 0.6 is 23.2 Å². The maximum atomic E-state index is 12.5. The van der Waals surface area contributed by atoms with E-state index >= 15 is 0 Å². The van der Waals surface area contributed by atoms with Gasteiger partial charge in [-0.25, -0.2) is 0 Å². The fourth-order valence-corrected chi connectivity index (χ4v) is 3.29. The number of nitrogens with zero attached hydrogens (tertiary/aromatic N) is 2. The number of hydrogen-bond acceptors (Lipinski definition) is 3. The summed E-state index contributed by atoms with van der Waals surface area (Å²) in [6.07, 6.45) is 5.26. The van der Waals surface area contributed by atoms with E-state index in [9.17, 15) is 4.79 Å². The molecule has 148 valence electrons. The minimum atomic E-state index is -0.146. The lowest BCUT2D eigenvalue weighted by Crippen LogP contribution is -2.22. The molecule has 4 nitrogen and oxygen atoms in total. The van der Waals surface area contributed by atoms with Crippen molar-refractivity contribution in [3.05, 3.63) is 106 Å². The van der Waals surface area contributed by atoms with E-state index < -0.39 is 0 Å². The molecule has 0 aliphatic carbocycles. The number of hydrogen-bond donors (Lipinski definition) is 1. The number of carbonyl (C=O) groups is 1. The van der Waals surface area contributed by atoms with Crippen molar-refractivity contribution < 1.29 is 4.79 Å². The first-order valence-corrected chi connectivity index (χ1v) is 10.0. The highest BCUT2D eigenvalue weighted by Crippen LogP contribution is 2.28. The van der Waals surface area contributed by atoms with E-state index in [-0.39, 0.29) is 5.91 Å². The van der Waals surface area contributed by atoms with Crippen molar-refractivity contribution in [2.45, 2.75) is 6.54 Å². The van der Waals surface area contributed by atoms with Crippen LogP contribution in [0.1, 0.15) is 15.9 Å². The molecule has 0 aliphatic heterocycles. The van der Waals surface area contributed by atoms with Crippen LogP contribution in [-0.2, 0) is 6.54 Å². The Balaban J connectivity index is 1.38.